The SMILES string of the molecule is COc1cccc(N2C(=O)CC(N(NC(=O)C(c3ccccc3)c3ccccc3)C(C)=O)C2=O)c1. The van der Waals surface area contributed by atoms with E-state index >= 15 is 0 Å². The number of amides is 4. The van der Waals surface area contributed by atoms with Crippen molar-refractivity contribution in [3.8, 4) is 5.75 Å². The largest absolute Gasteiger partial charge is 0.497 e. The van der Waals surface area contributed by atoms with Gasteiger partial charge in [0.1, 0.15) is 11.8 Å². The number of nitrogens with one attached hydrogen (secondary N) is 1. The summed E-state index contributed by atoms with van der Waals surface area (Å²) in [5.41, 5.74) is 4.41. The molecule has 8 nitrogen and oxygen atoms in total. The highest BCUT2D eigenvalue weighted by Gasteiger charge is 2.45. The van der Waals surface area contributed by atoms with Crippen molar-refractivity contribution in [1.29, 1.82) is 0 Å². The second-order valence-electron chi connectivity index (χ2n) is 8.11. The maximum absolute atomic E-state index is 13.5. The molecule has 178 valence electrons. The maximum atomic E-state index is 13.5. The van der Waals surface area contributed by atoms with Crippen molar-refractivity contribution in [2.24, 2.45) is 0 Å². The number of imide groups is 1. The number of ether oxygens (including phenoxy) is 1. The Balaban J connectivity index is 1.62. The van der Waals surface area contributed by atoms with Crippen molar-refractivity contribution in [2.45, 2.75) is 25.3 Å². The zero-order chi connectivity index (χ0) is 24.9. The van der Waals surface area contributed by atoms with Crippen LogP contribution in [0.1, 0.15) is 30.4 Å². The van der Waals surface area contributed by atoms with Gasteiger partial charge in [-0.05, 0) is 23.3 Å². The minimum atomic E-state index is -1.16. The van der Waals surface area contributed by atoms with Crippen LogP contribution in [0.3, 0.4) is 0 Å². The summed E-state index contributed by atoms with van der Waals surface area (Å²) in [6.45, 7) is 1.24. The zero-order valence-corrected chi connectivity index (χ0v) is 19.4. The van der Waals surface area contributed by atoms with Crippen LogP contribution < -0.4 is 15.1 Å². The fourth-order valence-corrected chi connectivity index (χ4v) is 4.18. The van der Waals surface area contributed by atoms with E-state index in [1.807, 2.05) is 60.7 Å². The predicted molar refractivity (Wildman–Crippen MR) is 129 cm³/mol. The molecule has 8 heteroatoms. The van der Waals surface area contributed by atoms with Gasteiger partial charge in [-0.1, -0.05) is 66.7 Å². The monoisotopic (exact) mass is 471 g/mol. The van der Waals surface area contributed by atoms with Gasteiger partial charge in [0.2, 0.25) is 11.8 Å². The van der Waals surface area contributed by atoms with E-state index in [2.05, 4.69) is 5.43 Å². The lowest BCUT2D eigenvalue weighted by Crippen LogP contribution is -2.55. The number of hydrogen-bond acceptors (Lipinski definition) is 5. The van der Waals surface area contributed by atoms with E-state index in [1.165, 1.54) is 14.0 Å². The Morgan fingerprint density at radius 2 is 1.54 bits per heavy atom. The van der Waals surface area contributed by atoms with Crippen LogP contribution in [0.15, 0.2) is 84.9 Å². The highest BCUT2D eigenvalue weighted by atomic mass is 16.5. The van der Waals surface area contributed by atoms with Crippen LogP contribution in [0.4, 0.5) is 5.69 Å². The molecule has 1 N–H and O–H groups in total. The van der Waals surface area contributed by atoms with Crippen LogP contribution in [-0.2, 0) is 19.2 Å². The normalized spacial score (nSPS) is 15.3. The number of anilines is 1. The standard InChI is InChI=1S/C27H25N3O5/c1-18(31)30(23-17-24(32)29(27(23)34)21-14-9-15-22(16-21)35-2)28-26(33)25(19-10-5-3-6-11-19)20-12-7-4-8-13-20/h3-16,23,25H,17H2,1-2H3,(H,28,33). The number of benzene rings is 3. The molecule has 4 rings (SSSR count). The van der Waals surface area contributed by atoms with Crippen LogP contribution in [0.25, 0.3) is 0 Å². The molecule has 0 aliphatic carbocycles. The van der Waals surface area contributed by atoms with E-state index in [0.717, 1.165) is 21.0 Å². The third kappa shape index (κ3) is 4.91. The van der Waals surface area contributed by atoms with Crippen LogP contribution in [0, 0.1) is 0 Å². The summed E-state index contributed by atoms with van der Waals surface area (Å²) in [6.07, 6.45) is -0.253. The van der Waals surface area contributed by atoms with E-state index in [1.54, 1.807) is 24.3 Å². The second kappa shape index (κ2) is 10.2. The number of rotatable bonds is 6. The molecule has 4 amide bonds. The van der Waals surface area contributed by atoms with Gasteiger partial charge in [0, 0.05) is 13.0 Å². The lowest BCUT2D eigenvalue weighted by Gasteiger charge is -2.29. The molecule has 35 heavy (non-hydrogen) atoms. The summed E-state index contributed by atoms with van der Waals surface area (Å²) in [6, 6.07) is 23.7. The molecule has 1 unspecified atom stereocenters. The fourth-order valence-electron chi connectivity index (χ4n) is 4.18. The molecule has 1 aliphatic rings. The molecule has 0 bridgehead atoms. The molecule has 1 atom stereocenters. The van der Waals surface area contributed by atoms with Gasteiger partial charge in [0.15, 0.2) is 0 Å². The predicted octanol–water partition coefficient (Wildman–Crippen LogP) is 3.04. The van der Waals surface area contributed by atoms with Gasteiger partial charge in [-0.25, -0.2) is 9.91 Å². The van der Waals surface area contributed by atoms with E-state index in [-0.39, 0.29) is 6.42 Å². The van der Waals surface area contributed by atoms with Gasteiger partial charge >= 0.3 is 0 Å². The van der Waals surface area contributed by atoms with E-state index in [9.17, 15) is 19.2 Å². The molecular weight excluding hydrogens is 446 g/mol. The Bertz CT molecular complexity index is 1210. The van der Waals surface area contributed by atoms with Crippen LogP contribution in [-0.4, -0.2) is 41.8 Å². The van der Waals surface area contributed by atoms with Crippen molar-refractivity contribution in [3.05, 3.63) is 96.1 Å². The summed E-state index contributed by atoms with van der Waals surface area (Å²) in [5, 5.41) is 0.960. The van der Waals surface area contributed by atoms with Crippen LogP contribution in [0.2, 0.25) is 0 Å². The molecule has 0 radical (unpaired) electrons. The average molecular weight is 472 g/mol. The highest BCUT2D eigenvalue weighted by Crippen LogP contribution is 2.29. The summed E-state index contributed by atoms with van der Waals surface area (Å²) in [5.74, 6) is -2.36. The van der Waals surface area contributed by atoms with Crippen LogP contribution >= 0.6 is 0 Å². The highest BCUT2D eigenvalue weighted by molar-refractivity contribution is 6.23. The minimum Gasteiger partial charge on any atom is -0.497 e. The van der Waals surface area contributed by atoms with E-state index in [4.69, 9.17) is 4.74 Å². The first-order valence-electron chi connectivity index (χ1n) is 11.1. The molecule has 1 heterocycles. The van der Waals surface area contributed by atoms with Crippen molar-refractivity contribution in [1.82, 2.24) is 10.4 Å². The third-order valence-electron chi connectivity index (χ3n) is 5.84. The first-order chi connectivity index (χ1) is 16.9. The minimum absolute atomic E-state index is 0.253. The number of hydrogen-bond donors (Lipinski definition) is 1. The van der Waals surface area contributed by atoms with Crippen molar-refractivity contribution < 1.29 is 23.9 Å². The average Bonchev–Trinajstić information content (AvgIpc) is 3.17. The Kier molecular flexibility index (Phi) is 6.91. The molecule has 3 aromatic carbocycles. The second-order valence-corrected chi connectivity index (χ2v) is 8.11. The zero-order valence-electron chi connectivity index (χ0n) is 19.4. The summed E-state index contributed by atoms with van der Waals surface area (Å²) < 4.78 is 5.19. The Morgan fingerprint density at radius 1 is 0.943 bits per heavy atom. The van der Waals surface area contributed by atoms with Gasteiger partial charge in [-0.15, -0.1) is 0 Å². The first kappa shape index (κ1) is 23.7. The molecule has 0 aromatic heterocycles. The number of carbonyl (C=O) groups excluding carboxylic acids is 4. The van der Waals surface area contributed by atoms with E-state index in [0.29, 0.717) is 11.4 Å². The lowest BCUT2D eigenvalue weighted by molar-refractivity contribution is -0.146. The Labute approximate surface area is 203 Å². The fraction of sp³-hybridized carbons (Fsp3) is 0.185. The van der Waals surface area contributed by atoms with Gasteiger partial charge in [-0.3, -0.25) is 24.6 Å². The Hall–Kier alpha value is -4.46. The van der Waals surface area contributed by atoms with Crippen molar-refractivity contribution in [3.63, 3.8) is 0 Å². The van der Waals surface area contributed by atoms with Gasteiger partial charge in [-0.2, -0.15) is 0 Å². The number of nitrogens with zero attached hydrogens (tertiary/aromatic N) is 2. The van der Waals surface area contributed by atoms with Gasteiger partial charge < -0.3 is 4.74 Å². The summed E-state index contributed by atoms with van der Waals surface area (Å²) in [7, 11) is 1.48. The molecule has 0 spiro atoms. The third-order valence-corrected chi connectivity index (χ3v) is 5.84. The number of hydrazine groups is 1. The molecule has 1 fully saturated rings. The molecular formula is C27H25N3O5. The topological polar surface area (TPSA) is 96.0 Å². The Morgan fingerprint density at radius 3 is 2.09 bits per heavy atom. The van der Waals surface area contributed by atoms with Crippen molar-refractivity contribution >= 4 is 29.3 Å². The number of methoxy groups -OCH3 is 1. The van der Waals surface area contributed by atoms with Crippen molar-refractivity contribution in [2.75, 3.05) is 12.0 Å². The van der Waals surface area contributed by atoms with E-state index < -0.39 is 35.6 Å². The van der Waals surface area contributed by atoms with Gasteiger partial charge in [0.25, 0.3) is 11.8 Å². The lowest BCUT2D eigenvalue weighted by atomic mass is 9.91. The smallest absolute Gasteiger partial charge is 0.259 e. The summed E-state index contributed by atoms with van der Waals surface area (Å²) in [4.78, 5) is 53.2. The van der Waals surface area contributed by atoms with Crippen LogP contribution in [0.5, 0.6) is 5.75 Å². The quantitative estimate of drug-likeness (QED) is 0.440. The summed E-state index contributed by atoms with van der Waals surface area (Å²) >= 11 is 0. The molecule has 1 saturated heterocycles. The first-order valence-corrected chi connectivity index (χ1v) is 11.1. The number of carbonyl (C=O) groups is 4. The molecule has 0 saturated carbocycles. The maximum Gasteiger partial charge on any atom is 0.259 e. The van der Waals surface area contributed by atoms with Gasteiger partial charge in [0.05, 0.1) is 25.1 Å². The molecule has 3 aromatic rings. The molecule has 1 aliphatic heterocycles.